The van der Waals surface area contributed by atoms with Crippen molar-refractivity contribution in [2.24, 2.45) is 0 Å². The molecule has 1 saturated carbocycles. The van der Waals surface area contributed by atoms with E-state index in [0.29, 0.717) is 12.1 Å². The van der Waals surface area contributed by atoms with Crippen molar-refractivity contribution in [3.8, 4) is 0 Å². The highest BCUT2D eigenvalue weighted by Crippen LogP contribution is 2.26. The van der Waals surface area contributed by atoms with Crippen molar-refractivity contribution in [1.29, 1.82) is 0 Å². The van der Waals surface area contributed by atoms with E-state index in [2.05, 4.69) is 17.1 Å². The van der Waals surface area contributed by atoms with Gasteiger partial charge in [0.15, 0.2) is 0 Å². The fourth-order valence-electron chi connectivity index (χ4n) is 3.54. The summed E-state index contributed by atoms with van der Waals surface area (Å²) in [4.78, 5) is 2.69. The number of likely N-dealkylation sites (tertiary alicyclic amines) is 1. The molecule has 3 heteroatoms. The summed E-state index contributed by atoms with van der Waals surface area (Å²) in [5, 5.41) is 3.79. The highest BCUT2D eigenvalue weighted by Gasteiger charge is 2.33. The molecule has 1 aliphatic carbocycles. The van der Waals surface area contributed by atoms with E-state index in [1.807, 2.05) is 7.11 Å². The van der Waals surface area contributed by atoms with E-state index in [1.54, 1.807) is 0 Å². The van der Waals surface area contributed by atoms with Crippen molar-refractivity contribution in [2.75, 3.05) is 26.7 Å². The lowest BCUT2D eigenvalue weighted by Gasteiger charge is -2.34. The molecule has 0 aromatic heterocycles. The lowest BCUT2D eigenvalue weighted by Crippen LogP contribution is -2.49. The highest BCUT2D eigenvalue weighted by atomic mass is 16.5. The zero-order valence-electron chi connectivity index (χ0n) is 12.2. The number of methoxy groups -OCH3 is 1. The molecule has 2 aliphatic rings. The molecule has 0 amide bonds. The third-order valence-corrected chi connectivity index (χ3v) is 4.61. The molecule has 2 fully saturated rings. The lowest BCUT2D eigenvalue weighted by molar-refractivity contribution is 0.0937. The minimum atomic E-state index is 0.472. The van der Waals surface area contributed by atoms with Crippen molar-refractivity contribution in [3.05, 3.63) is 0 Å². The monoisotopic (exact) mass is 254 g/mol. The van der Waals surface area contributed by atoms with Crippen LogP contribution in [0.15, 0.2) is 0 Å². The van der Waals surface area contributed by atoms with E-state index in [1.165, 1.54) is 58.0 Å². The smallest absolute Gasteiger partial charge is 0.0710 e. The predicted molar refractivity (Wildman–Crippen MR) is 75.9 cm³/mol. The fourth-order valence-corrected chi connectivity index (χ4v) is 3.54. The molecule has 0 radical (unpaired) electrons. The Kier molecular flexibility index (Phi) is 5.93. The maximum absolute atomic E-state index is 5.52. The maximum Gasteiger partial charge on any atom is 0.0710 e. The molecular formula is C15H30N2O. The Morgan fingerprint density at radius 3 is 2.72 bits per heavy atom. The van der Waals surface area contributed by atoms with Crippen LogP contribution in [-0.2, 0) is 4.74 Å². The maximum atomic E-state index is 5.52. The lowest BCUT2D eigenvalue weighted by atomic mass is 10.0. The first-order valence-corrected chi connectivity index (χ1v) is 7.85. The van der Waals surface area contributed by atoms with Crippen molar-refractivity contribution < 1.29 is 4.74 Å². The minimum absolute atomic E-state index is 0.472. The number of hydrogen-bond acceptors (Lipinski definition) is 3. The quantitative estimate of drug-likeness (QED) is 0.763. The first kappa shape index (κ1) is 14.3. The molecule has 1 aliphatic heterocycles. The second-order valence-electron chi connectivity index (χ2n) is 5.91. The van der Waals surface area contributed by atoms with Crippen LogP contribution in [0.1, 0.15) is 51.9 Å². The van der Waals surface area contributed by atoms with Crippen LogP contribution in [0.3, 0.4) is 0 Å². The van der Waals surface area contributed by atoms with Crippen molar-refractivity contribution in [1.82, 2.24) is 10.2 Å². The zero-order valence-corrected chi connectivity index (χ0v) is 12.2. The van der Waals surface area contributed by atoms with E-state index in [4.69, 9.17) is 4.74 Å². The molecule has 0 spiro atoms. The average Bonchev–Trinajstić information content (AvgIpc) is 2.75. The molecule has 3 unspecified atom stereocenters. The van der Waals surface area contributed by atoms with Gasteiger partial charge in [-0.2, -0.15) is 0 Å². The Bertz CT molecular complexity index is 235. The number of hydrogen-bond donors (Lipinski definition) is 1. The van der Waals surface area contributed by atoms with Crippen LogP contribution < -0.4 is 5.32 Å². The molecule has 0 aromatic rings. The van der Waals surface area contributed by atoms with Crippen LogP contribution >= 0.6 is 0 Å². The summed E-state index contributed by atoms with van der Waals surface area (Å²) in [6.45, 7) is 5.80. The van der Waals surface area contributed by atoms with Gasteiger partial charge in [0.25, 0.3) is 0 Å². The van der Waals surface area contributed by atoms with Gasteiger partial charge < -0.3 is 10.1 Å². The Balaban J connectivity index is 1.92. The van der Waals surface area contributed by atoms with Gasteiger partial charge in [-0.25, -0.2) is 0 Å². The van der Waals surface area contributed by atoms with Gasteiger partial charge in [0, 0.05) is 32.3 Å². The Labute approximate surface area is 112 Å². The second-order valence-corrected chi connectivity index (χ2v) is 5.91. The molecule has 3 atom stereocenters. The van der Waals surface area contributed by atoms with Crippen molar-refractivity contribution >= 4 is 0 Å². The standard InChI is InChI=1S/C15H30N2O/c1-3-10-16-14-7-5-4-6-8-15(14)17-11-9-13(12-17)18-2/h13-16H,3-12H2,1-2H3. The van der Waals surface area contributed by atoms with Crippen LogP contribution in [0.4, 0.5) is 0 Å². The third-order valence-electron chi connectivity index (χ3n) is 4.61. The Morgan fingerprint density at radius 1 is 1.17 bits per heavy atom. The van der Waals surface area contributed by atoms with Crippen LogP contribution in [0, 0.1) is 0 Å². The van der Waals surface area contributed by atoms with E-state index >= 15 is 0 Å². The summed E-state index contributed by atoms with van der Waals surface area (Å²) < 4.78 is 5.52. The van der Waals surface area contributed by atoms with Gasteiger partial charge >= 0.3 is 0 Å². The van der Waals surface area contributed by atoms with Crippen LogP contribution in [0.25, 0.3) is 0 Å². The van der Waals surface area contributed by atoms with Crippen molar-refractivity contribution in [3.63, 3.8) is 0 Å². The molecule has 3 nitrogen and oxygen atoms in total. The van der Waals surface area contributed by atoms with Gasteiger partial charge in [-0.15, -0.1) is 0 Å². The molecular weight excluding hydrogens is 224 g/mol. The molecule has 0 bridgehead atoms. The summed E-state index contributed by atoms with van der Waals surface area (Å²) in [5.41, 5.74) is 0. The molecule has 0 aromatic carbocycles. The van der Waals surface area contributed by atoms with E-state index < -0.39 is 0 Å². The van der Waals surface area contributed by atoms with E-state index in [-0.39, 0.29) is 0 Å². The summed E-state index contributed by atoms with van der Waals surface area (Å²) in [7, 11) is 1.86. The molecule has 18 heavy (non-hydrogen) atoms. The first-order valence-electron chi connectivity index (χ1n) is 7.85. The van der Waals surface area contributed by atoms with Gasteiger partial charge in [-0.1, -0.05) is 26.2 Å². The third kappa shape index (κ3) is 3.69. The molecule has 1 saturated heterocycles. The fraction of sp³-hybridized carbons (Fsp3) is 1.00. The summed E-state index contributed by atoms with van der Waals surface area (Å²) in [6, 6.07) is 1.46. The van der Waals surface area contributed by atoms with Crippen LogP contribution in [0.5, 0.6) is 0 Å². The zero-order chi connectivity index (χ0) is 12.8. The summed E-state index contributed by atoms with van der Waals surface area (Å²) in [5.74, 6) is 0. The Hall–Kier alpha value is -0.120. The molecule has 106 valence electrons. The van der Waals surface area contributed by atoms with E-state index in [9.17, 15) is 0 Å². The molecule has 1 N–H and O–H groups in total. The number of ether oxygens (including phenoxy) is 1. The summed E-state index contributed by atoms with van der Waals surface area (Å²) >= 11 is 0. The molecule has 1 heterocycles. The van der Waals surface area contributed by atoms with Crippen LogP contribution in [0.2, 0.25) is 0 Å². The molecule has 2 rings (SSSR count). The minimum Gasteiger partial charge on any atom is -0.380 e. The number of nitrogens with zero attached hydrogens (tertiary/aromatic N) is 1. The largest absolute Gasteiger partial charge is 0.380 e. The van der Waals surface area contributed by atoms with E-state index in [0.717, 1.165) is 12.6 Å². The Morgan fingerprint density at radius 2 is 2.00 bits per heavy atom. The highest BCUT2D eigenvalue weighted by molar-refractivity contribution is 4.90. The van der Waals surface area contributed by atoms with Gasteiger partial charge in [-0.05, 0) is 32.2 Å². The average molecular weight is 254 g/mol. The number of nitrogens with one attached hydrogen (secondary N) is 1. The topological polar surface area (TPSA) is 24.5 Å². The van der Waals surface area contributed by atoms with Crippen molar-refractivity contribution in [2.45, 2.75) is 70.1 Å². The van der Waals surface area contributed by atoms with Gasteiger partial charge in [0.1, 0.15) is 0 Å². The SMILES string of the molecule is CCCNC1CCCCCC1N1CCC(OC)C1. The van der Waals surface area contributed by atoms with Gasteiger partial charge in [-0.3, -0.25) is 4.90 Å². The predicted octanol–water partition coefficient (Wildman–Crippen LogP) is 2.41. The second kappa shape index (κ2) is 7.46. The van der Waals surface area contributed by atoms with Crippen LogP contribution in [-0.4, -0.2) is 49.8 Å². The van der Waals surface area contributed by atoms with Gasteiger partial charge in [0.2, 0.25) is 0 Å². The summed E-state index contributed by atoms with van der Waals surface area (Å²) in [6.07, 6.45) is 9.89. The normalized spacial score (nSPS) is 34.7. The number of rotatable bonds is 5. The first-order chi connectivity index (χ1) is 8.85. The van der Waals surface area contributed by atoms with Gasteiger partial charge in [0.05, 0.1) is 6.10 Å².